The lowest BCUT2D eigenvalue weighted by atomic mass is 10.0. The van der Waals surface area contributed by atoms with Crippen molar-refractivity contribution in [1.29, 1.82) is 0 Å². The Bertz CT molecular complexity index is 1030. The summed E-state index contributed by atoms with van der Waals surface area (Å²) < 4.78 is 0. The molecule has 0 aromatic heterocycles. The lowest BCUT2D eigenvalue weighted by molar-refractivity contribution is -0.143. The highest BCUT2D eigenvalue weighted by Crippen LogP contribution is 2.07. The molecule has 0 radical (unpaired) electrons. The van der Waals surface area contributed by atoms with E-state index in [1.165, 1.54) is 0 Å². The van der Waals surface area contributed by atoms with E-state index >= 15 is 0 Å². The Morgan fingerprint density at radius 1 is 0.711 bits per heavy atom. The summed E-state index contributed by atoms with van der Waals surface area (Å²) in [5.74, 6) is -7.97. The van der Waals surface area contributed by atoms with E-state index in [4.69, 9.17) is 21.7 Å². The second-order valence-electron chi connectivity index (χ2n) is 8.35. The molecule has 0 aliphatic rings. The van der Waals surface area contributed by atoms with Crippen molar-refractivity contribution in [2.24, 2.45) is 11.5 Å². The second kappa shape index (κ2) is 15.6. The zero-order valence-corrected chi connectivity index (χ0v) is 20.3. The third-order valence-corrected chi connectivity index (χ3v) is 5.22. The number of benzene rings is 1. The van der Waals surface area contributed by atoms with Gasteiger partial charge in [-0.05, 0) is 18.4 Å². The maximum atomic E-state index is 12.9. The SMILES string of the molecule is NC(=O)CC(NC(=O)C(N)CCC(=O)O)C(=O)NC(CCC(=O)O)C(=O)NC(Cc1ccccc1)C(=O)O. The summed E-state index contributed by atoms with van der Waals surface area (Å²) in [5, 5.41) is 33.9. The number of amides is 4. The van der Waals surface area contributed by atoms with Gasteiger partial charge in [0.25, 0.3) is 0 Å². The number of primary amides is 1. The van der Waals surface area contributed by atoms with Gasteiger partial charge in [0.05, 0.1) is 12.5 Å². The molecule has 4 amide bonds. The Morgan fingerprint density at radius 2 is 1.21 bits per heavy atom. The van der Waals surface area contributed by atoms with E-state index in [2.05, 4.69) is 16.0 Å². The van der Waals surface area contributed by atoms with Gasteiger partial charge in [0.2, 0.25) is 23.6 Å². The van der Waals surface area contributed by atoms with E-state index in [0.29, 0.717) is 5.56 Å². The summed E-state index contributed by atoms with van der Waals surface area (Å²) >= 11 is 0. The van der Waals surface area contributed by atoms with E-state index < -0.39 is 91.4 Å². The average Bonchev–Trinajstić information content (AvgIpc) is 2.83. The van der Waals surface area contributed by atoms with Gasteiger partial charge in [-0.1, -0.05) is 30.3 Å². The predicted octanol–water partition coefficient (Wildman–Crippen LogP) is -2.30. The topological polar surface area (TPSA) is 268 Å². The molecule has 0 heterocycles. The minimum atomic E-state index is -1.63. The van der Waals surface area contributed by atoms with Crippen LogP contribution in [0.2, 0.25) is 0 Å². The summed E-state index contributed by atoms with van der Waals surface area (Å²) in [6, 6.07) is 2.42. The summed E-state index contributed by atoms with van der Waals surface area (Å²) in [6.45, 7) is 0. The van der Waals surface area contributed by atoms with Gasteiger partial charge >= 0.3 is 17.9 Å². The van der Waals surface area contributed by atoms with Crippen LogP contribution in [-0.2, 0) is 40.0 Å². The van der Waals surface area contributed by atoms with Crippen molar-refractivity contribution in [3.05, 3.63) is 35.9 Å². The van der Waals surface area contributed by atoms with Crippen molar-refractivity contribution >= 4 is 41.5 Å². The Morgan fingerprint density at radius 3 is 1.74 bits per heavy atom. The summed E-state index contributed by atoms with van der Waals surface area (Å²) in [4.78, 5) is 83.0. The zero-order valence-electron chi connectivity index (χ0n) is 20.3. The van der Waals surface area contributed by atoms with Crippen LogP contribution in [0.4, 0.5) is 0 Å². The van der Waals surface area contributed by atoms with Crippen molar-refractivity contribution in [3.8, 4) is 0 Å². The van der Waals surface area contributed by atoms with Gasteiger partial charge in [-0.3, -0.25) is 28.8 Å². The molecule has 1 rings (SSSR count). The van der Waals surface area contributed by atoms with Crippen LogP contribution >= 0.6 is 0 Å². The molecule has 0 aliphatic heterocycles. The standard InChI is InChI=1S/C23H31N5O10/c24-13(6-8-18(30)31)20(34)27-15(11-17(25)29)22(36)26-14(7-9-19(32)33)21(35)28-16(23(37)38)10-12-4-2-1-3-5-12/h1-5,13-16H,6-11,24H2,(H2,25,29)(H,26,36)(H,27,34)(H,28,35)(H,30,31)(H,32,33)(H,37,38). The lowest BCUT2D eigenvalue weighted by Gasteiger charge is -2.24. The van der Waals surface area contributed by atoms with Crippen LogP contribution in [0.3, 0.4) is 0 Å². The van der Waals surface area contributed by atoms with Gasteiger partial charge in [0, 0.05) is 19.3 Å². The second-order valence-corrected chi connectivity index (χ2v) is 8.35. The molecule has 1 aromatic carbocycles. The molecule has 1 aromatic rings. The number of hydrogen-bond donors (Lipinski definition) is 8. The Kier molecular flexibility index (Phi) is 12.9. The molecule has 0 bridgehead atoms. The van der Waals surface area contributed by atoms with Crippen molar-refractivity contribution in [2.75, 3.05) is 0 Å². The van der Waals surface area contributed by atoms with Crippen LogP contribution in [-0.4, -0.2) is 81.0 Å². The third-order valence-electron chi connectivity index (χ3n) is 5.22. The smallest absolute Gasteiger partial charge is 0.326 e. The zero-order chi connectivity index (χ0) is 28.8. The number of aliphatic carboxylic acids is 3. The minimum Gasteiger partial charge on any atom is -0.481 e. The van der Waals surface area contributed by atoms with E-state index in [-0.39, 0.29) is 12.8 Å². The fourth-order valence-electron chi connectivity index (χ4n) is 3.23. The first-order chi connectivity index (χ1) is 17.8. The molecule has 0 fully saturated rings. The fourth-order valence-corrected chi connectivity index (χ4v) is 3.23. The fraction of sp³-hybridized carbons (Fsp3) is 0.435. The van der Waals surface area contributed by atoms with Crippen molar-refractivity contribution in [2.45, 2.75) is 62.7 Å². The van der Waals surface area contributed by atoms with E-state index in [1.54, 1.807) is 30.3 Å². The monoisotopic (exact) mass is 537 g/mol. The number of rotatable bonds is 17. The number of nitrogens with two attached hydrogens (primary N) is 2. The van der Waals surface area contributed by atoms with E-state index in [0.717, 1.165) is 0 Å². The van der Waals surface area contributed by atoms with Crippen molar-refractivity contribution in [1.82, 2.24) is 16.0 Å². The molecule has 0 saturated carbocycles. The van der Waals surface area contributed by atoms with Crippen LogP contribution in [0.1, 0.15) is 37.7 Å². The molecular formula is C23H31N5O10. The highest BCUT2D eigenvalue weighted by molar-refractivity contribution is 5.96. The summed E-state index contributed by atoms with van der Waals surface area (Å²) in [5.41, 5.74) is 11.3. The largest absolute Gasteiger partial charge is 0.481 e. The quantitative estimate of drug-likeness (QED) is 0.105. The molecule has 4 unspecified atom stereocenters. The minimum absolute atomic E-state index is 0.101. The number of carboxylic acid groups (broad SMARTS) is 3. The van der Waals surface area contributed by atoms with Crippen LogP contribution in [0.15, 0.2) is 30.3 Å². The number of carbonyl (C=O) groups is 7. The average molecular weight is 538 g/mol. The maximum absolute atomic E-state index is 12.9. The molecule has 15 nitrogen and oxygen atoms in total. The van der Waals surface area contributed by atoms with Gasteiger partial charge in [-0.15, -0.1) is 0 Å². The molecule has 4 atom stereocenters. The van der Waals surface area contributed by atoms with Gasteiger partial charge < -0.3 is 42.7 Å². The molecule has 0 aliphatic carbocycles. The normalized spacial score (nSPS) is 13.7. The summed E-state index contributed by atoms with van der Waals surface area (Å²) in [7, 11) is 0. The number of carboxylic acids is 3. The van der Waals surface area contributed by atoms with Crippen molar-refractivity contribution < 1.29 is 48.9 Å². The van der Waals surface area contributed by atoms with Gasteiger partial charge in [-0.2, -0.15) is 0 Å². The van der Waals surface area contributed by atoms with Gasteiger partial charge in [0.1, 0.15) is 18.1 Å². The first kappa shape index (κ1) is 31.5. The van der Waals surface area contributed by atoms with Crippen LogP contribution in [0.25, 0.3) is 0 Å². The molecule has 38 heavy (non-hydrogen) atoms. The molecule has 0 saturated heterocycles. The van der Waals surface area contributed by atoms with Crippen LogP contribution < -0.4 is 27.4 Å². The molecule has 0 spiro atoms. The Hall–Kier alpha value is -4.53. The Balaban J connectivity index is 3.03. The van der Waals surface area contributed by atoms with E-state index in [9.17, 15) is 38.7 Å². The van der Waals surface area contributed by atoms with Crippen molar-refractivity contribution in [3.63, 3.8) is 0 Å². The molecule has 208 valence electrons. The van der Waals surface area contributed by atoms with Gasteiger partial charge in [-0.25, -0.2) is 4.79 Å². The first-order valence-corrected chi connectivity index (χ1v) is 11.5. The maximum Gasteiger partial charge on any atom is 0.326 e. The summed E-state index contributed by atoms with van der Waals surface area (Å²) in [6.07, 6.45) is -2.56. The lowest BCUT2D eigenvalue weighted by Crippen LogP contribution is -2.58. The molecular weight excluding hydrogens is 506 g/mol. The highest BCUT2D eigenvalue weighted by atomic mass is 16.4. The van der Waals surface area contributed by atoms with Crippen LogP contribution in [0.5, 0.6) is 0 Å². The van der Waals surface area contributed by atoms with Gasteiger partial charge in [0.15, 0.2) is 0 Å². The first-order valence-electron chi connectivity index (χ1n) is 11.5. The Labute approximate surface area is 216 Å². The molecule has 15 heteroatoms. The third kappa shape index (κ3) is 11.9. The van der Waals surface area contributed by atoms with E-state index in [1.807, 2.05) is 0 Å². The predicted molar refractivity (Wildman–Crippen MR) is 129 cm³/mol. The van der Waals surface area contributed by atoms with Crippen LogP contribution in [0, 0.1) is 0 Å². The number of carbonyl (C=O) groups excluding carboxylic acids is 4. The highest BCUT2D eigenvalue weighted by Gasteiger charge is 2.31. The number of hydrogen-bond acceptors (Lipinski definition) is 8. The molecule has 10 N–H and O–H groups in total. The number of nitrogens with one attached hydrogen (secondary N) is 3.